The molecule has 0 aliphatic heterocycles. The molecule has 0 bridgehead atoms. The molecule has 7 heteroatoms. The lowest BCUT2D eigenvalue weighted by Crippen LogP contribution is -2.68. The van der Waals surface area contributed by atoms with E-state index in [-0.39, 0.29) is 0 Å². The normalized spacial score (nSPS) is 11.3. The molecule has 0 atom stereocenters. The third kappa shape index (κ3) is 21.3. The highest BCUT2D eigenvalue weighted by molar-refractivity contribution is 4.65. The van der Waals surface area contributed by atoms with Crippen molar-refractivity contribution in [1.29, 1.82) is 0 Å². The minimum absolute atomic E-state index is 1.18. The molecule has 0 fully saturated rings. The Morgan fingerprint density at radius 2 is 1.16 bits per heavy atom. The summed E-state index contributed by atoms with van der Waals surface area (Å²) < 4.78 is 38.4. The van der Waals surface area contributed by atoms with E-state index in [0.717, 1.165) is 0 Å². The van der Waals surface area contributed by atoms with Crippen molar-refractivity contribution in [2.24, 2.45) is 7.05 Å². The first-order valence-electron chi connectivity index (χ1n) is 9.45. The Labute approximate surface area is 154 Å². The van der Waals surface area contributed by atoms with E-state index in [2.05, 4.69) is 41.8 Å². The molecule has 6 nitrogen and oxygen atoms in total. The molecule has 0 saturated carbocycles. The van der Waals surface area contributed by atoms with Crippen molar-refractivity contribution in [1.82, 2.24) is 4.57 Å². The van der Waals surface area contributed by atoms with Crippen LogP contribution in [0.3, 0.4) is 0 Å². The van der Waals surface area contributed by atoms with E-state index in [9.17, 15) is 0 Å². The van der Waals surface area contributed by atoms with Gasteiger partial charge in [-0.15, -0.1) is 10.2 Å². The molecule has 0 saturated heterocycles. The summed E-state index contributed by atoms with van der Waals surface area (Å²) >= 11 is 0. The molecule has 0 aromatic carbocycles. The van der Waals surface area contributed by atoms with Gasteiger partial charge in [0.15, 0.2) is 0 Å². The van der Waals surface area contributed by atoms with E-state index in [0.29, 0.717) is 0 Å². The fourth-order valence-corrected chi connectivity index (χ4v) is 2.77. The molecule has 0 aliphatic rings. The molecule has 0 spiro atoms. The van der Waals surface area contributed by atoms with Gasteiger partial charge in [0, 0.05) is 0 Å². The van der Waals surface area contributed by atoms with Crippen molar-refractivity contribution in [3.63, 3.8) is 0 Å². The topological polar surface area (TPSA) is 101 Å². The number of nitrogens with zero attached hydrogens (tertiary/aromatic N) is 2. The molecular weight excluding hydrogens is 344 g/mol. The first-order valence-corrected chi connectivity index (χ1v) is 10.7. The van der Waals surface area contributed by atoms with E-state index in [1.54, 1.807) is 0 Å². The van der Waals surface area contributed by atoms with Gasteiger partial charge in [0.05, 0.1) is 13.6 Å². The average Bonchev–Trinajstić information content (AvgIpc) is 2.92. The van der Waals surface area contributed by atoms with E-state index >= 15 is 0 Å². The predicted octanol–water partition coefficient (Wildman–Crippen LogP) is 0.258. The number of unbranched alkanes of at least 4 members (excludes halogenated alkanes) is 11. The number of halogens is 1. The van der Waals surface area contributed by atoms with Crippen LogP contribution in [0.2, 0.25) is 0 Å². The first-order chi connectivity index (χ1) is 11.8. The maximum absolute atomic E-state index is 8.49. The minimum atomic E-state index is -4.94. The second-order valence-electron chi connectivity index (χ2n) is 6.58. The maximum atomic E-state index is 8.49. The summed E-state index contributed by atoms with van der Waals surface area (Å²) in [6, 6.07) is 0. The highest BCUT2D eigenvalue weighted by Gasteiger charge is 1.99. The fraction of sp³-hybridized carbons (Fsp3) is 0.833. The summed E-state index contributed by atoms with van der Waals surface area (Å²) in [6.07, 6.45) is 23.6. The van der Waals surface area contributed by atoms with Gasteiger partial charge in [-0.1, -0.05) is 71.1 Å². The molecular formula is C18H35ClN2O4. The Balaban J connectivity index is 0.00000101. The molecule has 0 radical (unpaired) electrons. The van der Waals surface area contributed by atoms with Crippen molar-refractivity contribution in [2.75, 3.05) is 0 Å². The number of imidazole rings is 1. The van der Waals surface area contributed by atoms with Gasteiger partial charge in [0.2, 0.25) is 6.33 Å². The zero-order valence-electron chi connectivity index (χ0n) is 15.8. The van der Waals surface area contributed by atoms with E-state index in [4.69, 9.17) is 18.6 Å². The highest BCUT2D eigenvalue weighted by atomic mass is 35.7. The standard InChI is InChI=1S/C18H35N2.ClHO4/c1-3-4-5-6-7-8-9-10-11-12-13-14-15-20-17-16-19(2)18-20;2-1(3,4)5/h16-18H,3-15H2,1-2H3;(H,2,3,4,5)/q+1;/p-1. The molecule has 25 heavy (non-hydrogen) atoms. The molecule has 0 unspecified atom stereocenters. The van der Waals surface area contributed by atoms with E-state index in [1.165, 1.54) is 83.6 Å². The lowest BCUT2D eigenvalue weighted by molar-refractivity contribution is -2.00. The molecule has 1 rings (SSSR count). The third-order valence-electron chi connectivity index (χ3n) is 4.09. The Morgan fingerprint density at radius 3 is 1.52 bits per heavy atom. The quantitative estimate of drug-likeness (QED) is 0.363. The van der Waals surface area contributed by atoms with E-state index < -0.39 is 10.2 Å². The average molecular weight is 379 g/mol. The van der Waals surface area contributed by atoms with Crippen LogP contribution in [0, 0.1) is 10.2 Å². The van der Waals surface area contributed by atoms with Crippen LogP contribution in [0.15, 0.2) is 18.7 Å². The lowest BCUT2D eigenvalue weighted by Gasteiger charge is -2.17. The van der Waals surface area contributed by atoms with Crippen LogP contribution in [-0.4, -0.2) is 4.57 Å². The summed E-state index contributed by atoms with van der Waals surface area (Å²) in [5, 5.41) is 0. The van der Waals surface area contributed by atoms with Gasteiger partial charge < -0.3 is 0 Å². The summed E-state index contributed by atoms with van der Waals surface area (Å²) in [4.78, 5) is 0. The monoisotopic (exact) mass is 378 g/mol. The predicted molar refractivity (Wildman–Crippen MR) is 86.7 cm³/mol. The second-order valence-corrected chi connectivity index (χ2v) is 7.34. The van der Waals surface area contributed by atoms with Crippen LogP contribution >= 0.6 is 0 Å². The molecule has 0 amide bonds. The van der Waals surface area contributed by atoms with Crippen LogP contribution in [0.1, 0.15) is 84.0 Å². The summed E-state index contributed by atoms with van der Waals surface area (Å²) in [6.45, 7) is 3.47. The van der Waals surface area contributed by atoms with Crippen molar-refractivity contribution >= 4 is 0 Å². The minimum Gasteiger partial charge on any atom is -0.240 e. The number of aromatic nitrogens is 2. The van der Waals surface area contributed by atoms with Gasteiger partial charge in [0.25, 0.3) is 0 Å². The van der Waals surface area contributed by atoms with Gasteiger partial charge in [-0.2, -0.15) is 0 Å². The molecule has 0 aliphatic carbocycles. The largest absolute Gasteiger partial charge is 0.243 e. The van der Waals surface area contributed by atoms with Gasteiger partial charge >= 0.3 is 0 Å². The van der Waals surface area contributed by atoms with Gasteiger partial charge in [0.1, 0.15) is 12.4 Å². The first kappa shape index (κ1) is 24.3. The number of rotatable bonds is 13. The number of aryl methyl sites for hydroxylation is 2. The third-order valence-corrected chi connectivity index (χ3v) is 4.09. The smallest absolute Gasteiger partial charge is 0.240 e. The molecule has 1 heterocycles. The van der Waals surface area contributed by atoms with Crippen LogP contribution in [-0.2, 0) is 13.6 Å². The van der Waals surface area contributed by atoms with Crippen molar-refractivity contribution in [3.8, 4) is 0 Å². The molecule has 1 aromatic heterocycles. The zero-order chi connectivity index (χ0) is 19.0. The molecule has 0 N–H and O–H groups in total. The van der Waals surface area contributed by atoms with Crippen molar-refractivity contribution < 1.29 is 33.4 Å². The van der Waals surface area contributed by atoms with Gasteiger partial charge in [-0.05, 0) is 12.8 Å². The van der Waals surface area contributed by atoms with Gasteiger partial charge in [-0.3, -0.25) is 0 Å². The van der Waals surface area contributed by atoms with E-state index in [1.807, 2.05) is 0 Å². The number of hydrogen-bond donors (Lipinski definition) is 0. The van der Waals surface area contributed by atoms with Crippen molar-refractivity contribution in [2.45, 2.75) is 90.5 Å². The van der Waals surface area contributed by atoms with Crippen LogP contribution < -0.4 is 23.2 Å². The van der Waals surface area contributed by atoms with Crippen LogP contribution in [0.25, 0.3) is 0 Å². The van der Waals surface area contributed by atoms with Crippen LogP contribution in [0.5, 0.6) is 0 Å². The highest BCUT2D eigenvalue weighted by Crippen LogP contribution is 2.12. The summed E-state index contributed by atoms with van der Waals surface area (Å²) in [5.41, 5.74) is 0. The Bertz CT molecular complexity index is 402. The fourth-order valence-electron chi connectivity index (χ4n) is 2.77. The zero-order valence-corrected chi connectivity index (χ0v) is 16.6. The van der Waals surface area contributed by atoms with Crippen molar-refractivity contribution in [3.05, 3.63) is 18.7 Å². The lowest BCUT2D eigenvalue weighted by atomic mass is 10.1. The molecule has 1 aromatic rings. The maximum Gasteiger partial charge on any atom is 0.243 e. The summed E-state index contributed by atoms with van der Waals surface area (Å²) in [7, 11) is -2.86. The summed E-state index contributed by atoms with van der Waals surface area (Å²) in [5.74, 6) is 0. The van der Waals surface area contributed by atoms with Crippen LogP contribution in [0.4, 0.5) is 0 Å². The molecule has 148 valence electrons. The Hall–Kier alpha value is -0.660. The van der Waals surface area contributed by atoms with Gasteiger partial charge in [-0.25, -0.2) is 27.8 Å². The Morgan fingerprint density at radius 1 is 0.760 bits per heavy atom. The second kappa shape index (κ2) is 15.6. The Kier molecular flexibility index (Phi) is 15.2. The SMILES string of the molecule is CCCCCCCCCCCCCCn1cc[n+](C)c1.[O-][Cl+3]([O-])([O-])[O-]. The number of hydrogen-bond acceptors (Lipinski definition) is 4.